The molecule has 1 aliphatic rings. The summed E-state index contributed by atoms with van der Waals surface area (Å²) in [7, 11) is 0. The molecule has 19 heavy (non-hydrogen) atoms. The average molecular weight is 277 g/mol. The topological polar surface area (TPSA) is 26.3 Å². The van der Waals surface area contributed by atoms with Gasteiger partial charge in [-0.1, -0.05) is 37.6 Å². The molecule has 0 atom stereocenters. The summed E-state index contributed by atoms with van der Waals surface area (Å²) in [6.45, 7) is 6.33. The van der Waals surface area contributed by atoms with E-state index in [1.165, 1.54) is 6.92 Å². The normalized spacial score (nSPS) is 17.4. The van der Waals surface area contributed by atoms with Crippen molar-refractivity contribution in [3.05, 3.63) is 47.0 Å². The second-order valence-electron chi connectivity index (χ2n) is 5.46. The van der Waals surface area contributed by atoms with Crippen molar-refractivity contribution in [3.63, 3.8) is 0 Å². The number of ether oxygens (including phenoxy) is 1. The first-order valence-electron chi connectivity index (χ1n) is 6.22. The monoisotopic (exact) mass is 276 g/mol. The summed E-state index contributed by atoms with van der Waals surface area (Å²) < 4.78 is 5.83. The van der Waals surface area contributed by atoms with Crippen LogP contribution >= 0.6 is 11.6 Å². The zero-order valence-electron chi connectivity index (χ0n) is 11.4. The standard InChI is InChI=1S/C16H17ClO2/c1-11(18)4-5-12-9-16(2,3)10-19-15-7-6-13(17)8-14(12)15/h4-9H,10H2,1-3H3. The van der Waals surface area contributed by atoms with E-state index in [1.807, 2.05) is 24.3 Å². The van der Waals surface area contributed by atoms with E-state index in [1.54, 1.807) is 6.08 Å². The third kappa shape index (κ3) is 3.48. The number of hydrogen-bond acceptors (Lipinski definition) is 2. The van der Waals surface area contributed by atoms with Gasteiger partial charge in [0.15, 0.2) is 5.78 Å². The highest BCUT2D eigenvalue weighted by molar-refractivity contribution is 6.30. The average Bonchev–Trinajstić information content (AvgIpc) is 2.44. The van der Waals surface area contributed by atoms with Gasteiger partial charge in [0, 0.05) is 16.0 Å². The Balaban J connectivity index is 2.54. The Morgan fingerprint density at radius 3 is 2.84 bits per heavy atom. The molecule has 3 heteroatoms. The van der Waals surface area contributed by atoms with Gasteiger partial charge < -0.3 is 4.74 Å². The van der Waals surface area contributed by atoms with Gasteiger partial charge in [0.2, 0.25) is 0 Å². The van der Waals surface area contributed by atoms with Crippen LogP contribution in [0, 0.1) is 5.41 Å². The highest BCUT2D eigenvalue weighted by atomic mass is 35.5. The van der Waals surface area contributed by atoms with Gasteiger partial charge in [-0.2, -0.15) is 0 Å². The van der Waals surface area contributed by atoms with Crippen molar-refractivity contribution < 1.29 is 9.53 Å². The third-order valence-corrected chi connectivity index (χ3v) is 3.13. The van der Waals surface area contributed by atoms with Gasteiger partial charge in [-0.15, -0.1) is 0 Å². The van der Waals surface area contributed by atoms with Crippen LogP contribution in [-0.4, -0.2) is 12.4 Å². The maximum Gasteiger partial charge on any atom is 0.152 e. The van der Waals surface area contributed by atoms with Crippen LogP contribution in [0.4, 0.5) is 0 Å². The molecule has 0 unspecified atom stereocenters. The molecular formula is C16H17ClO2. The van der Waals surface area contributed by atoms with Crippen LogP contribution in [0.5, 0.6) is 5.75 Å². The van der Waals surface area contributed by atoms with Gasteiger partial charge in [0.05, 0.1) is 6.61 Å². The molecule has 1 heterocycles. The lowest BCUT2D eigenvalue weighted by molar-refractivity contribution is -0.112. The lowest BCUT2D eigenvalue weighted by Crippen LogP contribution is -2.17. The maximum absolute atomic E-state index is 11.1. The zero-order chi connectivity index (χ0) is 14.0. The van der Waals surface area contributed by atoms with Gasteiger partial charge in [-0.3, -0.25) is 4.79 Å². The lowest BCUT2D eigenvalue weighted by atomic mass is 9.90. The van der Waals surface area contributed by atoms with E-state index in [9.17, 15) is 4.79 Å². The van der Waals surface area contributed by atoms with Crippen LogP contribution in [0.15, 0.2) is 36.4 Å². The fourth-order valence-electron chi connectivity index (χ4n) is 2.00. The molecule has 0 radical (unpaired) electrons. The van der Waals surface area contributed by atoms with Crippen molar-refractivity contribution in [1.82, 2.24) is 0 Å². The first-order chi connectivity index (χ1) is 8.87. The first-order valence-corrected chi connectivity index (χ1v) is 6.59. The molecule has 1 aliphatic heterocycles. The fraction of sp³-hybridized carbons (Fsp3) is 0.312. The predicted molar refractivity (Wildman–Crippen MR) is 78.5 cm³/mol. The summed E-state index contributed by atoms with van der Waals surface area (Å²) >= 11 is 6.06. The molecule has 100 valence electrons. The highest BCUT2D eigenvalue weighted by Crippen LogP contribution is 2.37. The van der Waals surface area contributed by atoms with E-state index >= 15 is 0 Å². The highest BCUT2D eigenvalue weighted by Gasteiger charge is 2.22. The second kappa shape index (κ2) is 5.22. The number of rotatable bonds is 2. The summed E-state index contributed by atoms with van der Waals surface area (Å²) in [5, 5.41) is 0.657. The smallest absolute Gasteiger partial charge is 0.152 e. The minimum Gasteiger partial charge on any atom is -0.492 e. The number of ketones is 1. The molecule has 0 saturated heterocycles. The van der Waals surface area contributed by atoms with Crippen LogP contribution < -0.4 is 4.74 Å². The maximum atomic E-state index is 11.1. The Bertz CT molecular complexity index is 568. The van der Waals surface area contributed by atoms with E-state index in [0.717, 1.165) is 16.9 Å². The van der Waals surface area contributed by atoms with Crippen LogP contribution in [0.1, 0.15) is 26.3 Å². The predicted octanol–water partition coefficient (Wildman–Crippen LogP) is 4.29. The summed E-state index contributed by atoms with van der Waals surface area (Å²) in [4.78, 5) is 11.1. The molecule has 0 amide bonds. The minimum atomic E-state index is -0.0953. The quantitative estimate of drug-likeness (QED) is 0.754. The summed E-state index contributed by atoms with van der Waals surface area (Å²) in [5.41, 5.74) is 1.80. The molecular weight excluding hydrogens is 260 g/mol. The van der Waals surface area contributed by atoms with Crippen molar-refractivity contribution >= 4 is 23.0 Å². The fourth-order valence-corrected chi connectivity index (χ4v) is 2.17. The van der Waals surface area contributed by atoms with Crippen molar-refractivity contribution in [3.8, 4) is 5.75 Å². The Kier molecular flexibility index (Phi) is 3.81. The molecule has 2 nitrogen and oxygen atoms in total. The van der Waals surface area contributed by atoms with Gasteiger partial charge in [-0.05, 0) is 36.8 Å². The van der Waals surface area contributed by atoms with Crippen molar-refractivity contribution in [2.75, 3.05) is 6.61 Å². The number of carbonyl (C=O) groups excluding carboxylic acids is 1. The molecule has 0 fully saturated rings. The Labute approximate surface area is 118 Å². The molecule has 0 N–H and O–H groups in total. The first kappa shape index (κ1) is 13.9. The number of hydrogen-bond donors (Lipinski definition) is 0. The Morgan fingerprint density at radius 2 is 2.16 bits per heavy atom. The molecule has 0 aromatic heterocycles. The largest absolute Gasteiger partial charge is 0.492 e. The van der Waals surface area contributed by atoms with Crippen LogP contribution in [-0.2, 0) is 4.79 Å². The zero-order valence-corrected chi connectivity index (χ0v) is 12.1. The Morgan fingerprint density at radius 1 is 1.42 bits per heavy atom. The number of benzene rings is 1. The SMILES string of the molecule is CC(=O)C=CC1=CC(C)(C)COc2ccc(Cl)cc21. The van der Waals surface area contributed by atoms with Crippen LogP contribution in [0.25, 0.3) is 5.57 Å². The lowest BCUT2D eigenvalue weighted by Gasteiger charge is -2.18. The van der Waals surface area contributed by atoms with E-state index in [2.05, 4.69) is 19.9 Å². The third-order valence-electron chi connectivity index (χ3n) is 2.90. The number of halogens is 1. The molecule has 1 aromatic rings. The molecule has 1 aromatic carbocycles. The molecule has 0 spiro atoms. The number of fused-ring (bicyclic) bond motifs is 1. The van der Waals surface area contributed by atoms with Crippen molar-refractivity contribution in [2.45, 2.75) is 20.8 Å². The van der Waals surface area contributed by atoms with Gasteiger partial charge in [-0.25, -0.2) is 0 Å². The van der Waals surface area contributed by atoms with Gasteiger partial charge in [0.25, 0.3) is 0 Å². The summed E-state index contributed by atoms with van der Waals surface area (Å²) in [6.07, 6.45) is 5.51. The van der Waals surface area contributed by atoms with Crippen LogP contribution in [0.3, 0.4) is 0 Å². The number of carbonyl (C=O) groups is 1. The van der Waals surface area contributed by atoms with E-state index < -0.39 is 0 Å². The molecule has 0 aliphatic carbocycles. The van der Waals surface area contributed by atoms with E-state index in [4.69, 9.17) is 16.3 Å². The molecule has 2 rings (SSSR count). The summed E-state index contributed by atoms with van der Waals surface area (Å²) in [5.74, 6) is 0.821. The minimum absolute atomic E-state index is 0.0208. The Hall–Kier alpha value is -1.54. The van der Waals surface area contributed by atoms with Crippen LogP contribution in [0.2, 0.25) is 5.02 Å². The van der Waals surface area contributed by atoms with Gasteiger partial charge in [0.1, 0.15) is 5.75 Å². The molecule has 0 saturated carbocycles. The van der Waals surface area contributed by atoms with Crippen molar-refractivity contribution in [2.24, 2.45) is 5.41 Å². The van der Waals surface area contributed by atoms with E-state index in [-0.39, 0.29) is 11.2 Å². The van der Waals surface area contributed by atoms with E-state index in [0.29, 0.717) is 11.6 Å². The molecule has 0 bridgehead atoms. The summed E-state index contributed by atoms with van der Waals surface area (Å²) in [6, 6.07) is 5.55. The van der Waals surface area contributed by atoms with Gasteiger partial charge >= 0.3 is 0 Å². The second-order valence-corrected chi connectivity index (χ2v) is 5.90. The number of allylic oxidation sites excluding steroid dienone is 3. The van der Waals surface area contributed by atoms with Crippen molar-refractivity contribution in [1.29, 1.82) is 0 Å².